The smallest absolute Gasteiger partial charge is 0.140 e. The van der Waals surface area contributed by atoms with Crippen LogP contribution in [0.2, 0.25) is 0 Å². The number of ketones is 1. The summed E-state index contributed by atoms with van der Waals surface area (Å²) in [6.07, 6.45) is 6.38. The molecule has 0 atom stereocenters. The third kappa shape index (κ3) is 3.48. The number of hydrogen-bond acceptors (Lipinski definition) is 3. The number of rotatable bonds is 4. The second kappa shape index (κ2) is 5.94. The summed E-state index contributed by atoms with van der Waals surface area (Å²) in [6, 6.07) is 12.0. The number of benzene rings is 1. The number of nitrogens with two attached hydrogens (primary N) is 1. The van der Waals surface area contributed by atoms with Gasteiger partial charge in [-0.3, -0.25) is 9.78 Å². The van der Waals surface area contributed by atoms with Crippen molar-refractivity contribution in [3.8, 4) is 0 Å². The average Bonchev–Trinajstić information content (AvgIpc) is 2.47. The van der Waals surface area contributed by atoms with Crippen LogP contribution in [0.25, 0.3) is 10.9 Å². The molecule has 0 aliphatic heterocycles. The number of carbonyl (C=O) groups excluding carboxylic acids is 1. The van der Waals surface area contributed by atoms with Crippen molar-refractivity contribution in [2.24, 2.45) is 5.73 Å². The van der Waals surface area contributed by atoms with Crippen LogP contribution in [0.3, 0.4) is 0 Å². The van der Waals surface area contributed by atoms with E-state index in [0.29, 0.717) is 12.8 Å². The Hall–Kier alpha value is -1.74. The first-order valence-corrected chi connectivity index (χ1v) is 7.80. The molecule has 3 heteroatoms. The molecule has 1 fully saturated rings. The number of pyridine rings is 1. The summed E-state index contributed by atoms with van der Waals surface area (Å²) in [4.78, 5) is 16.9. The van der Waals surface area contributed by atoms with Crippen LogP contribution < -0.4 is 5.73 Å². The molecule has 110 valence electrons. The number of hydrogen-bond donors (Lipinski definition) is 1. The highest BCUT2D eigenvalue weighted by Gasteiger charge is 2.29. The second-order valence-corrected chi connectivity index (χ2v) is 6.31. The maximum absolute atomic E-state index is 12.3. The molecule has 1 aliphatic rings. The lowest BCUT2D eigenvalue weighted by molar-refractivity contribution is -0.119. The first kappa shape index (κ1) is 14.2. The van der Waals surface area contributed by atoms with E-state index in [1.165, 1.54) is 6.42 Å². The zero-order chi connectivity index (χ0) is 14.7. The Labute approximate surface area is 125 Å². The van der Waals surface area contributed by atoms with E-state index in [2.05, 4.69) is 4.98 Å². The highest BCUT2D eigenvalue weighted by molar-refractivity contribution is 5.83. The fourth-order valence-corrected chi connectivity index (χ4v) is 3.30. The quantitative estimate of drug-likeness (QED) is 0.935. The highest BCUT2D eigenvalue weighted by atomic mass is 16.1. The molecule has 0 amide bonds. The third-order valence-electron chi connectivity index (χ3n) is 4.43. The normalized spacial score (nSPS) is 17.8. The molecule has 3 rings (SSSR count). The van der Waals surface area contributed by atoms with E-state index in [-0.39, 0.29) is 11.3 Å². The molecule has 0 unspecified atom stereocenters. The van der Waals surface area contributed by atoms with Gasteiger partial charge in [-0.15, -0.1) is 0 Å². The van der Waals surface area contributed by atoms with Crippen LogP contribution >= 0.6 is 0 Å². The van der Waals surface area contributed by atoms with Crippen molar-refractivity contribution < 1.29 is 4.79 Å². The molecule has 1 saturated carbocycles. The lowest BCUT2D eigenvalue weighted by atomic mass is 9.78. The highest BCUT2D eigenvalue weighted by Crippen LogP contribution is 2.29. The molecule has 0 spiro atoms. The molecule has 2 N–H and O–H groups in total. The predicted octanol–water partition coefficient (Wildman–Crippen LogP) is 3.40. The van der Waals surface area contributed by atoms with Crippen LogP contribution in [0.5, 0.6) is 0 Å². The number of Topliss-reactive ketones (excluding diaryl/α,β-unsaturated/α-hetero) is 1. The lowest BCUT2D eigenvalue weighted by Gasteiger charge is -2.32. The Morgan fingerprint density at radius 2 is 1.86 bits per heavy atom. The van der Waals surface area contributed by atoms with Crippen molar-refractivity contribution in [3.05, 3.63) is 42.1 Å². The van der Waals surface area contributed by atoms with Crippen molar-refractivity contribution in [1.82, 2.24) is 4.98 Å². The summed E-state index contributed by atoms with van der Waals surface area (Å²) in [5, 5.41) is 1.11. The molecule has 1 aromatic carbocycles. The zero-order valence-corrected chi connectivity index (χ0v) is 12.3. The Morgan fingerprint density at radius 1 is 1.10 bits per heavy atom. The fourth-order valence-electron chi connectivity index (χ4n) is 3.30. The van der Waals surface area contributed by atoms with Crippen LogP contribution in [0.1, 0.15) is 44.2 Å². The van der Waals surface area contributed by atoms with E-state index in [9.17, 15) is 4.79 Å². The number of carbonyl (C=O) groups is 1. The van der Waals surface area contributed by atoms with E-state index in [0.717, 1.165) is 42.3 Å². The maximum Gasteiger partial charge on any atom is 0.140 e. The molecule has 1 aliphatic carbocycles. The second-order valence-electron chi connectivity index (χ2n) is 6.31. The molecule has 3 nitrogen and oxygen atoms in total. The first-order chi connectivity index (χ1) is 10.1. The standard InChI is InChI=1S/C18H22N2O/c19-18(10-4-1-5-11-18)13-16(21)12-15-9-8-14-6-2-3-7-17(14)20-15/h2-3,6-9H,1,4-5,10-13,19H2. The topological polar surface area (TPSA) is 56.0 Å². The first-order valence-electron chi connectivity index (χ1n) is 7.80. The predicted molar refractivity (Wildman–Crippen MR) is 85.1 cm³/mol. The number of para-hydroxylation sites is 1. The summed E-state index contributed by atoms with van der Waals surface area (Å²) in [6.45, 7) is 0. The molecule has 0 radical (unpaired) electrons. The van der Waals surface area contributed by atoms with Crippen molar-refractivity contribution in [2.75, 3.05) is 0 Å². The minimum absolute atomic E-state index is 0.210. The van der Waals surface area contributed by atoms with Gasteiger partial charge < -0.3 is 5.73 Å². The Morgan fingerprint density at radius 3 is 2.67 bits per heavy atom. The summed E-state index contributed by atoms with van der Waals surface area (Å²) in [7, 11) is 0. The SMILES string of the molecule is NC1(CC(=O)Cc2ccc3ccccc3n2)CCCCC1. The van der Waals surface area contributed by atoms with Crippen LogP contribution in [0.15, 0.2) is 36.4 Å². The maximum atomic E-state index is 12.3. The number of fused-ring (bicyclic) bond motifs is 1. The van der Waals surface area contributed by atoms with Gasteiger partial charge in [0.05, 0.1) is 5.52 Å². The summed E-state index contributed by atoms with van der Waals surface area (Å²) in [5.74, 6) is 0.210. The zero-order valence-electron chi connectivity index (χ0n) is 12.3. The lowest BCUT2D eigenvalue weighted by Crippen LogP contribution is -2.43. The minimum Gasteiger partial charge on any atom is -0.325 e. The average molecular weight is 282 g/mol. The summed E-state index contributed by atoms with van der Waals surface area (Å²) in [5.41, 5.74) is 7.88. The Bertz CT molecular complexity index is 644. The van der Waals surface area contributed by atoms with Crippen molar-refractivity contribution in [3.63, 3.8) is 0 Å². The largest absolute Gasteiger partial charge is 0.325 e. The number of aromatic nitrogens is 1. The van der Waals surface area contributed by atoms with Crippen molar-refractivity contribution in [1.29, 1.82) is 0 Å². The molecule has 1 heterocycles. The molecule has 0 bridgehead atoms. The van der Waals surface area contributed by atoms with Gasteiger partial charge in [0.2, 0.25) is 0 Å². The molecule has 1 aromatic heterocycles. The van der Waals surface area contributed by atoms with Crippen molar-refractivity contribution >= 4 is 16.7 Å². The number of nitrogens with zero attached hydrogens (tertiary/aromatic N) is 1. The van der Waals surface area contributed by atoms with Gasteiger partial charge in [-0.2, -0.15) is 0 Å². The van der Waals surface area contributed by atoms with Gasteiger partial charge in [-0.1, -0.05) is 43.5 Å². The van der Waals surface area contributed by atoms with Crippen LogP contribution in [0, 0.1) is 0 Å². The Balaban J connectivity index is 1.68. The van der Waals surface area contributed by atoms with Crippen LogP contribution in [0.4, 0.5) is 0 Å². The summed E-state index contributed by atoms with van der Waals surface area (Å²) < 4.78 is 0. The van der Waals surface area contributed by atoms with Gasteiger partial charge >= 0.3 is 0 Å². The van der Waals surface area contributed by atoms with Gasteiger partial charge in [0.1, 0.15) is 5.78 Å². The van der Waals surface area contributed by atoms with Gasteiger partial charge in [-0.25, -0.2) is 0 Å². The molecule has 0 saturated heterocycles. The fraction of sp³-hybridized carbons (Fsp3) is 0.444. The van der Waals surface area contributed by atoms with Crippen LogP contribution in [-0.4, -0.2) is 16.3 Å². The molecular formula is C18H22N2O. The molecule has 21 heavy (non-hydrogen) atoms. The van der Waals surface area contributed by atoms with E-state index < -0.39 is 0 Å². The van der Waals surface area contributed by atoms with Gasteiger partial charge in [-0.05, 0) is 25.0 Å². The van der Waals surface area contributed by atoms with E-state index in [4.69, 9.17) is 5.73 Å². The minimum atomic E-state index is -0.272. The van der Waals surface area contributed by atoms with Crippen molar-refractivity contribution in [2.45, 2.75) is 50.5 Å². The van der Waals surface area contributed by atoms with E-state index >= 15 is 0 Å². The Kier molecular flexibility index (Phi) is 4.02. The monoisotopic (exact) mass is 282 g/mol. The van der Waals surface area contributed by atoms with E-state index in [1.54, 1.807) is 0 Å². The molecular weight excluding hydrogens is 260 g/mol. The van der Waals surface area contributed by atoms with Gasteiger partial charge in [0.25, 0.3) is 0 Å². The van der Waals surface area contributed by atoms with Gasteiger partial charge in [0.15, 0.2) is 0 Å². The van der Waals surface area contributed by atoms with Crippen LogP contribution in [-0.2, 0) is 11.2 Å². The summed E-state index contributed by atoms with van der Waals surface area (Å²) >= 11 is 0. The third-order valence-corrected chi connectivity index (χ3v) is 4.43. The van der Waals surface area contributed by atoms with E-state index in [1.807, 2.05) is 36.4 Å². The van der Waals surface area contributed by atoms with Gasteiger partial charge in [0, 0.05) is 29.5 Å². The molecule has 2 aromatic rings.